The summed E-state index contributed by atoms with van der Waals surface area (Å²) in [5.74, 6) is 0. The highest BCUT2D eigenvalue weighted by molar-refractivity contribution is 7.09. The Morgan fingerprint density at radius 1 is 1.38 bits per heavy atom. The molecule has 2 N–H and O–H groups in total. The van der Waals surface area contributed by atoms with E-state index in [9.17, 15) is 0 Å². The van der Waals surface area contributed by atoms with Crippen LogP contribution in [0.4, 0.5) is 0 Å². The summed E-state index contributed by atoms with van der Waals surface area (Å²) in [5.41, 5.74) is 5.48. The Hall–Kier alpha value is -0.380. The summed E-state index contributed by atoms with van der Waals surface area (Å²) in [7, 11) is 2.22. The second-order valence-corrected chi connectivity index (χ2v) is 5.49. The largest absolute Gasteiger partial charge is 0.330 e. The van der Waals surface area contributed by atoms with Crippen LogP contribution >= 0.6 is 11.3 Å². The normalized spacial score (nSPS) is 13.2. The van der Waals surface area contributed by atoms with Crippen molar-refractivity contribution in [3.05, 3.63) is 22.4 Å². The molecule has 1 atom stereocenters. The van der Waals surface area contributed by atoms with Gasteiger partial charge in [-0.25, -0.2) is 0 Å². The van der Waals surface area contributed by atoms with Crippen molar-refractivity contribution in [3.63, 3.8) is 0 Å². The van der Waals surface area contributed by atoms with Gasteiger partial charge >= 0.3 is 0 Å². The molecule has 1 heterocycles. The number of likely N-dealkylation sites (N-methyl/N-ethyl adjacent to an activating group) is 1. The fourth-order valence-corrected chi connectivity index (χ4v) is 2.60. The van der Waals surface area contributed by atoms with Crippen molar-refractivity contribution < 1.29 is 0 Å². The Kier molecular flexibility index (Phi) is 6.69. The minimum absolute atomic E-state index is 0.636. The third kappa shape index (κ3) is 5.10. The number of hydrogen-bond acceptors (Lipinski definition) is 3. The molecule has 0 aliphatic carbocycles. The average molecular weight is 240 g/mol. The lowest BCUT2D eigenvalue weighted by molar-refractivity contribution is 0.251. The van der Waals surface area contributed by atoms with Crippen molar-refractivity contribution in [1.29, 1.82) is 0 Å². The summed E-state index contributed by atoms with van der Waals surface area (Å²) in [6.07, 6.45) is 4.85. The van der Waals surface area contributed by atoms with E-state index in [4.69, 9.17) is 5.73 Å². The van der Waals surface area contributed by atoms with Crippen molar-refractivity contribution in [2.75, 3.05) is 20.1 Å². The lowest BCUT2D eigenvalue weighted by atomic mass is 10.1. The van der Waals surface area contributed by atoms with E-state index in [0.29, 0.717) is 6.04 Å². The van der Waals surface area contributed by atoms with Gasteiger partial charge in [0.05, 0.1) is 0 Å². The quantitative estimate of drug-likeness (QED) is 0.708. The fourth-order valence-electron chi connectivity index (χ4n) is 1.78. The molecule has 0 fully saturated rings. The van der Waals surface area contributed by atoms with Crippen molar-refractivity contribution >= 4 is 11.3 Å². The van der Waals surface area contributed by atoms with E-state index in [-0.39, 0.29) is 0 Å². The van der Waals surface area contributed by atoms with Gasteiger partial charge in [-0.15, -0.1) is 11.3 Å². The molecular weight excluding hydrogens is 216 g/mol. The van der Waals surface area contributed by atoms with E-state index < -0.39 is 0 Å². The molecule has 0 aliphatic heterocycles. The van der Waals surface area contributed by atoms with Gasteiger partial charge in [-0.1, -0.05) is 12.5 Å². The summed E-state index contributed by atoms with van der Waals surface area (Å²) in [6, 6.07) is 4.99. The molecule has 92 valence electrons. The molecule has 0 bridgehead atoms. The Labute approximate surface area is 103 Å². The van der Waals surface area contributed by atoms with Crippen LogP contribution in [0.5, 0.6) is 0 Å². The summed E-state index contributed by atoms with van der Waals surface area (Å²) < 4.78 is 0. The first-order valence-corrected chi connectivity index (χ1v) is 7.04. The molecular formula is C13H24N2S. The van der Waals surface area contributed by atoms with Crippen molar-refractivity contribution in [2.24, 2.45) is 5.73 Å². The van der Waals surface area contributed by atoms with Crippen LogP contribution in [0.1, 0.15) is 31.1 Å². The van der Waals surface area contributed by atoms with E-state index in [0.717, 1.165) is 13.0 Å². The Bertz CT molecular complexity index is 259. The van der Waals surface area contributed by atoms with Gasteiger partial charge in [0.15, 0.2) is 0 Å². The second kappa shape index (κ2) is 7.82. The zero-order valence-corrected chi connectivity index (χ0v) is 11.3. The van der Waals surface area contributed by atoms with Crippen LogP contribution in [-0.2, 0) is 6.42 Å². The summed E-state index contributed by atoms with van der Waals surface area (Å²) in [6.45, 7) is 4.32. The van der Waals surface area contributed by atoms with E-state index in [1.807, 2.05) is 11.3 Å². The average Bonchev–Trinajstić information content (AvgIpc) is 2.76. The third-order valence-electron chi connectivity index (χ3n) is 3.04. The van der Waals surface area contributed by atoms with Crippen LogP contribution in [0.25, 0.3) is 0 Å². The van der Waals surface area contributed by atoms with Gasteiger partial charge in [0.25, 0.3) is 0 Å². The first-order valence-electron chi connectivity index (χ1n) is 6.16. The highest BCUT2D eigenvalue weighted by Crippen LogP contribution is 2.13. The Balaban J connectivity index is 2.17. The molecule has 16 heavy (non-hydrogen) atoms. The van der Waals surface area contributed by atoms with Crippen LogP contribution < -0.4 is 5.73 Å². The lowest BCUT2D eigenvalue weighted by Crippen LogP contribution is -2.31. The molecule has 0 amide bonds. The first kappa shape index (κ1) is 13.7. The number of hydrogen-bond donors (Lipinski definition) is 1. The van der Waals surface area contributed by atoms with Crippen molar-refractivity contribution in [1.82, 2.24) is 4.90 Å². The second-order valence-electron chi connectivity index (χ2n) is 4.46. The predicted molar refractivity (Wildman–Crippen MR) is 73.0 cm³/mol. The lowest BCUT2D eigenvalue weighted by Gasteiger charge is -2.24. The highest BCUT2D eigenvalue weighted by Gasteiger charge is 2.09. The first-order chi connectivity index (χ1) is 7.74. The summed E-state index contributed by atoms with van der Waals surface area (Å²) in [4.78, 5) is 3.94. The fraction of sp³-hybridized carbons (Fsp3) is 0.692. The molecule has 2 nitrogen and oxygen atoms in total. The van der Waals surface area contributed by atoms with Gasteiger partial charge in [-0.2, -0.15) is 0 Å². The van der Waals surface area contributed by atoms with Crippen molar-refractivity contribution in [2.45, 2.75) is 38.6 Å². The Morgan fingerprint density at radius 3 is 2.81 bits per heavy atom. The molecule has 3 heteroatoms. The van der Waals surface area contributed by atoms with Gasteiger partial charge in [0.2, 0.25) is 0 Å². The molecule has 1 unspecified atom stereocenters. The van der Waals surface area contributed by atoms with Gasteiger partial charge in [0, 0.05) is 10.9 Å². The summed E-state index contributed by atoms with van der Waals surface area (Å²) >= 11 is 1.86. The molecule has 1 aromatic heterocycles. The van der Waals surface area contributed by atoms with Crippen LogP contribution in [0.3, 0.4) is 0 Å². The zero-order chi connectivity index (χ0) is 11.8. The van der Waals surface area contributed by atoms with Crippen LogP contribution in [0.2, 0.25) is 0 Å². The smallest absolute Gasteiger partial charge is 0.0112 e. The molecule has 0 aliphatic rings. The topological polar surface area (TPSA) is 29.3 Å². The van der Waals surface area contributed by atoms with Gasteiger partial charge in [-0.3, -0.25) is 0 Å². The monoisotopic (exact) mass is 240 g/mol. The maximum atomic E-state index is 5.48. The number of thiophene rings is 1. The standard InChI is InChI=1S/C13H24N2S/c1-12(11-13-7-6-10-16-13)15(2)9-5-3-4-8-14/h6-7,10,12H,3-5,8-9,11,14H2,1-2H3. The van der Waals surface area contributed by atoms with E-state index >= 15 is 0 Å². The number of nitrogens with two attached hydrogens (primary N) is 1. The zero-order valence-electron chi connectivity index (χ0n) is 10.5. The van der Waals surface area contributed by atoms with Gasteiger partial charge in [-0.05, 0) is 57.8 Å². The molecule has 0 saturated carbocycles. The highest BCUT2D eigenvalue weighted by atomic mass is 32.1. The Morgan fingerprint density at radius 2 is 2.19 bits per heavy atom. The minimum Gasteiger partial charge on any atom is -0.330 e. The minimum atomic E-state index is 0.636. The van der Waals surface area contributed by atoms with E-state index in [2.05, 4.69) is 36.4 Å². The van der Waals surface area contributed by atoms with E-state index in [1.54, 1.807) is 0 Å². The predicted octanol–water partition coefficient (Wildman–Crippen LogP) is 2.74. The van der Waals surface area contributed by atoms with Crippen molar-refractivity contribution in [3.8, 4) is 0 Å². The molecule has 0 aromatic carbocycles. The van der Waals surface area contributed by atoms with Crippen LogP contribution in [0, 0.1) is 0 Å². The van der Waals surface area contributed by atoms with Gasteiger partial charge in [0.1, 0.15) is 0 Å². The van der Waals surface area contributed by atoms with Crippen LogP contribution in [-0.4, -0.2) is 31.1 Å². The SMILES string of the molecule is CC(Cc1cccs1)N(C)CCCCCN. The number of rotatable bonds is 8. The molecule has 0 saturated heterocycles. The maximum absolute atomic E-state index is 5.48. The number of nitrogens with zero attached hydrogens (tertiary/aromatic N) is 1. The van der Waals surface area contributed by atoms with Gasteiger partial charge < -0.3 is 10.6 Å². The number of unbranched alkanes of at least 4 members (excludes halogenated alkanes) is 2. The molecule has 0 radical (unpaired) electrons. The molecule has 1 aromatic rings. The molecule has 1 rings (SSSR count). The third-order valence-corrected chi connectivity index (χ3v) is 3.94. The maximum Gasteiger partial charge on any atom is 0.0112 e. The summed E-state index contributed by atoms with van der Waals surface area (Å²) in [5, 5.41) is 2.16. The van der Waals surface area contributed by atoms with Crippen LogP contribution in [0.15, 0.2) is 17.5 Å². The van der Waals surface area contributed by atoms with E-state index in [1.165, 1.54) is 30.7 Å². The molecule has 0 spiro atoms.